The smallest absolute Gasteiger partial charge is 0.159 e. The lowest BCUT2D eigenvalue weighted by atomic mass is 9.89. The van der Waals surface area contributed by atoms with Crippen LogP contribution in [-0.2, 0) is 6.42 Å². The normalized spacial score (nSPS) is 17.2. The van der Waals surface area contributed by atoms with Gasteiger partial charge in [0.15, 0.2) is 5.82 Å². The van der Waals surface area contributed by atoms with Crippen LogP contribution in [0.3, 0.4) is 0 Å². The second-order valence-corrected chi connectivity index (χ2v) is 10.0. The first-order valence-electron chi connectivity index (χ1n) is 11.2. The number of benzene rings is 1. The van der Waals surface area contributed by atoms with Crippen LogP contribution in [0, 0.1) is 6.92 Å². The fraction of sp³-hybridized carbons (Fsp3) is 0.280. The van der Waals surface area contributed by atoms with Crippen molar-refractivity contribution in [2.24, 2.45) is 5.73 Å². The second kappa shape index (κ2) is 7.76. The van der Waals surface area contributed by atoms with Crippen molar-refractivity contribution < 1.29 is 0 Å². The summed E-state index contributed by atoms with van der Waals surface area (Å²) in [5, 5.41) is 12.4. The first-order chi connectivity index (χ1) is 15.7. The molecule has 6 nitrogen and oxygen atoms in total. The Morgan fingerprint density at radius 3 is 2.75 bits per heavy atom. The van der Waals surface area contributed by atoms with E-state index in [1.165, 1.54) is 28.2 Å². The summed E-state index contributed by atoms with van der Waals surface area (Å²) in [6.07, 6.45) is 7.08. The molecule has 0 radical (unpaired) electrons. The maximum atomic E-state index is 6.26. The highest BCUT2D eigenvalue weighted by Crippen LogP contribution is 2.36. The number of H-pyrrole nitrogens is 2. The number of nitrogens with two attached hydrogens (primary N) is 1. The molecule has 6 rings (SSSR count). The molecule has 0 amide bonds. The van der Waals surface area contributed by atoms with Crippen LogP contribution in [0.25, 0.3) is 28.0 Å². The average molecular weight is 443 g/mol. The van der Waals surface area contributed by atoms with E-state index in [1.807, 2.05) is 6.08 Å². The van der Waals surface area contributed by atoms with E-state index in [0.717, 1.165) is 58.2 Å². The zero-order valence-electron chi connectivity index (χ0n) is 18.0. The van der Waals surface area contributed by atoms with E-state index in [-0.39, 0.29) is 0 Å². The Kier molecular flexibility index (Phi) is 4.73. The van der Waals surface area contributed by atoms with E-state index < -0.39 is 0 Å². The molecule has 5 N–H and O–H groups in total. The zero-order chi connectivity index (χ0) is 21.7. The van der Waals surface area contributed by atoms with Gasteiger partial charge in [0.1, 0.15) is 5.69 Å². The predicted molar refractivity (Wildman–Crippen MR) is 131 cm³/mol. The molecule has 0 bridgehead atoms. The van der Waals surface area contributed by atoms with E-state index in [9.17, 15) is 0 Å². The molecule has 1 aromatic carbocycles. The molecule has 4 heterocycles. The monoisotopic (exact) mass is 442 g/mol. The highest BCUT2D eigenvalue weighted by Gasteiger charge is 2.23. The predicted octanol–water partition coefficient (Wildman–Crippen LogP) is 4.62. The summed E-state index contributed by atoms with van der Waals surface area (Å²) in [7, 11) is 0. The van der Waals surface area contributed by atoms with Crippen LogP contribution < -0.4 is 11.1 Å². The Balaban J connectivity index is 1.44. The number of rotatable bonds is 3. The third kappa shape index (κ3) is 3.38. The van der Waals surface area contributed by atoms with Gasteiger partial charge in [0.2, 0.25) is 0 Å². The summed E-state index contributed by atoms with van der Waals surface area (Å²) in [4.78, 5) is 11.1. The quantitative estimate of drug-likeness (QED) is 0.372. The first-order valence-corrected chi connectivity index (χ1v) is 12.0. The van der Waals surface area contributed by atoms with Crippen LogP contribution in [0.15, 0.2) is 48.2 Å². The van der Waals surface area contributed by atoms with Crippen molar-refractivity contribution in [2.75, 3.05) is 13.1 Å². The Bertz CT molecular complexity index is 1360. The molecule has 0 atom stereocenters. The van der Waals surface area contributed by atoms with Crippen LogP contribution in [-0.4, -0.2) is 33.3 Å². The molecule has 0 saturated carbocycles. The summed E-state index contributed by atoms with van der Waals surface area (Å²) in [6.45, 7) is 4.29. The molecule has 162 valence electrons. The molecule has 4 aromatic rings. The topological polar surface area (TPSA) is 95.4 Å². The van der Waals surface area contributed by atoms with E-state index in [4.69, 9.17) is 10.7 Å². The van der Waals surface area contributed by atoms with Crippen molar-refractivity contribution in [2.45, 2.75) is 32.1 Å². The van der Waals surface area contributed by atoms with Gasteiger partial charge in [0.05, 0.1) is 11.2 Å². The summed E-state index contributed by atoms with van der Waals surface area (Å²) >= 11 is 1.78. The number of hydrogen-bond donors (Lipinski definition) is 4. The number of hydrogen-bond acceptors (Lipinski definition) is 5. The van der Waals surface area contributed by atoms with Gasteiger partial charge < -0.3 is 16.0 Å². The number of aromatic nitrogens is 4. The molecular weight excluding hydrogens is 416 g/mol. The van der Waals surface area contributed by atoms with Crippen LogP contribution in [0.4, 0.5) is 0 Å². The minimum atomic E-state index is 0.596. The summed E-state index contributed by atoms with van der Waals surface area (Å²) < 4.78 is 0. The molecule has 0 unspecified atom stereocenters. The molecule has 1 aliphatic heterocycles. The lowest BCUT2D eigenvalue weighted by molar-refractivity contribution is 0.460. The molecule has 1 aliphatic carbocycles. The van der Waals surface area contributed by atoms with Gasteiger partial charge in [-0.05, 0) is 80.8 Å². The van der Waals surface area contributed by atoms with Gasteiger partial charge in [-0.3, -0.25) is 5.10 Å². The molecule has 2 aliphatic rings. The number of nitrogens with one attached hydrogen (secondary N) is 3. The third-order valence-electron chi connectivity index (χ3n) is 6.51. The Hall–Kier alpha value is -3.16. The maximum Gasteiger partial charge on any atom is 0.159 e. The second-order valence-electron chi connectivity index (χ2n) is 8.72. The van der Waals surface area contributed by atoms with E-state index >= 15 is 0 Å². The van der Waals surface area contributed by atoms with Gasteiger partial charge in [-0.25, -0.2) is 4.98 Å². The van der Waals surface area contributed by atoms with Crippen molar-refractivity contribution >= 4 is 27.8 Å². The fourth-order valence-electron chi connectivity index (χ4n) is 4.80. The summed E-state index contributed by atoms with van der Waals surface area (Å²) in [5.74, 6) is 1.39. The number of aromatic amines is 2. The van der Waals surface area contributed by atoms with E-state index in [2.05, 4.69) is 63.8 Å². The average Bonchev–Trinajstić information content (AvgIpc) is 3.51. The molecule has 1 fully saturated rings. The van der Waals surface area contributed by atoms with Crippen molar-refractivity contribution in [3.8, 4) is 11.5 Å². The van der Waals surface area contributed by atoms with Crippen LogP contribution >= 0.6 is 11.3 Å². The largest absolute Gasteiger partial charge is 0.402 e. The molecule has 1 saturated heterocycles. The van der Waals surface area contributed by atoms with Crippen LogP contribution in [0.5, 0.6) is 0 Å². The first kappa shape index (κ1) is 19.5. The lowest BCUT2D eigenvalue weighted by Gasteiger charge is -2.23. The maximum absolute atomic E-state index is 6.26. The lowest BCUT2D eigenvalue weighted by Crippen LogP contribution is -2.26. The number of allylic oxidation sites excluding steroid dienone is 3. The Morgan fingerprint density at radius 2 is 1.94 bits per heavy atom. The van der Waals surface area contributed by atoms with Gasteiger partial charge >= 0.3 is 0 Å². The number of nitrogens with zero attached hydrogens (tertiary/aromatic N) is 2. The molecule has 7 heteroatoms. The third-order valence-corrected chi connectivity index (χ3v) is 7.54. The molecule has 3 aromatic heterocycles. The summed E-state index contributed by atoms with van der Waals surface area (Å²) in [6, 6.07) is 11.0. The zero-order valence-corrected chi connectivity index (χ0v) is 18.9. The minimum Gasteiger partial charge on any atom is -0.402 e. The number of fused-ring (bicyclic) bond motifs is 2. The van der Waals surface area contributed by atoms with E-state index in [1.54, 1.807) is 11.3 Å². The number of thiophene rings is 1. The van der Waals surface area contributed by atoms with Gasteiger partial charge in [-0.2, -0.15) is 5.10 Å². The molecular formula is C25H26N6S. The fourth-order valence-corrected chi connectivity index (χ4v) is 5.70. The SMILES string of the molecule is Cc1ccc(C2=CC=C(N)Cc3[nH]c(-c4n[nH]c5ccc(C6CCNCC6)cc45)nc32)s1. The minimum absolute atomic E-state index is 0.596. The Labute approximate surface area is 190 Å². The van der Waals surface area contributed by atoms with Crippen LogP contribution in [0.2, 0.25) is 0 Å². The van der Waals surface area contributed by atoms with Gasteiger partial charge in [0.25, 0.3) is 0 Å². The number of imidazole rings is 1. The van der Waals surface area contributed by atoms with Gasteiger partial charge in [0, 0.05) is 38.5 Å². The van der Waals surface area contributed by atoms with Gasteiger partial charge in [-0.15, -0.1) is 11.3 Å². The van der Waals surface area contributed by atoms with Crippen molar-refractivity contribution in [1.82, 2.24) is 25.5 Å². The van der Waals surface area contributed by atoms with Crippen molar-refractivity contribution in [1.29, 1.82) is 0 Å². The van der Waals surface area contributed by atoms with E-state index in [0.29, 0.717) is 12.3 Å². The van der Waals surface area contributed by atoms with Gasteiger partial charge in [-0.1, -0.05) is 6.07 Å². The number of aryl methyl sites for hydroxylation is 1. The standard InChI is InChI=1S/C25H26N6S/c1-14-2-7-22(32-14)18-5-4-17(26)13-21-23(18)29-25(28-21)24-19-12-16(3-6-20(19)30-31-24)15-8-10-27-11-9-15/h2-7,12,15,27H,8-11,13,26H2,1H3,(H,28,29)(H,30,31). The molecule has 0 spiro atoms. The molecule has 32 heavy (non-hydrogen) atoms. The van der Waals surface area contributed by atoms with Crippen LogP contribution in [0.1, 0.15) is 45.5 Å². The highest BCUT2D eigenvalue weighted by molar-refractivity contribution is 7.13. The van der Waals surface area contributed by atoms with Crippen molar-refractivity contribution in [3.63, 3.8) is 0 Å². The highest BCUT2D eigenvalue weighted by atomic mass is 32.1. The Morgan fingerprint density at radius 1 is 1.06 bits per heavy atom. The summed E-state index contributed by atoms with van der Waals surface area (Å²) in [5.41, 5.74) is 13.5. The van der Waals surface area contributed by atoms with Crippen molar-refractivity contribution in [3.05, 3.63) is 74.9 Å². The number of piperidine rings is 1.